The predicted molar refractivity (Wildman–Crippen MR) is 109 cm³/mol. The lowest BCUT2D eigenvalue weighted by Gasteiger charge is -2.24. The number of benzene rings is 2. The highest BCUT2D eigenvalue weighted by Gasteiger charge is 2.15. The van der Waals surface area contributed by atoms with Crippen molar-refractivity contribution in [2.75, 3.05) is 20.3 Å². The Morgan fingerprint density at radius 3 is 2.38 bits per heavy atom. The highest BCUT2D eigenvalue weighted by atomic mass is 16.5. The number of methoxy groups -OCH3 is 1. The highest BCUT2D eigenvalue weighted by molar-refractivity contribution is 5.74. The number of carbonyl (C=O) groups excluding carboxylic acids is 1. The maximum Gasteiger partial charge on any atom is 0.150 e. The number of nitrogens with zero attached hydrogens (tertiary/aromatic N) is 1. The molecule has 29 heavy (non-hydrogen) atoms. The first kappa shape index (κ1) is 20.6. The van der Waals surface area contributed by atoms with Crippen molar-refractivity contribution in [2.24, 2.45) is 0 Å². The number of hydrogen-bond donors (Lipinski definition) is 1. The molecule has 0 radical (unpaired) electrons. The molecule has 1 unspecified atom stereocenters. The molecule has 0 aliphatic heterocycles. The summed E-state index contributed by atoms with van der Waals surface area (Å²) in [5.74, 6) is 2.25. The average Bonchev–Trinajstić information content (AvgIpc) is 3.26. The van der Waals surface area contributed by atoms with Gasteiger partial charge in [-0.3, -0.25) is 9.69 Å². The van der Waals surface area contributed by atoms with Gasteiger partial charge in [0.1, 0.15) is 36.3 Å². The highest BCUT2D eigenvalue weighted by Crippen LogP contribution is 2.16. The van der Waals surface area contributed by atoms with Crippen LogP contribution in [0.25, 0.3) is 0 Å². The SMILES string of the molecule is COc1ccc(CN(Cc2ccco2)CC(O)COc2ccc(C=O)cc2)cc1. The summed E-state index contributed by atoms with van der Waals surface area (Å²) in [6.07, 6.45) is 1.74. The fourth-order valence-electron chi connectivity index (χ4n) is 2.98. The van der Waals surface area contributed by atoms with E-state index in [1.54, 1.807) is 37.6 Å². The monoisotopic (exact) mass is 395 g/mol. The molecule has 1 heterocycles. The van der Waals surface area contributed by atoms with Crippen molar-refractivity contribution >= 4 is 6.29 Å². The number of rotatable bonds is 11. The van der Waals surface area contributed by atoms with Crippen LogP contribution >= 0.6 is 0 Å². The normalized spacial score (nSPS) is 12.0. The quantitative estimate of drug-likeness (QED) is 0.501. The van der Waals surface area contributed by atoms with Crippen molar-refractivity contribution in [3.8, 4) is 11.5 Å². The first-order chi connectivity index (χ1) is 14.2. The van der Waals surface area contributed by atoms with Crippen molar-refractivity contribution in [3.05, 3.63) is 83.8 Å². The van der Waals surface area contributed by atoms with E-state index in [-0.39, 0.29) is 6.61 Å². The minimum Gasteiger partial charge on any atom is -0.497 e. The van der Waals surface area contributed by atoms with Crippen LogP contribution in [0.2, 0.25) is 0 Å². The molecule has 0 saturated carbocycles. The summed E-state index contributed by atoms with van der Waals surface area (Å²) in [6.45, 7) is 1.79. The van der Waals surface area contributed by atoms with Crippen LogP contribution in [0.15, 0.2) is 71.3 Å². The zero-order chi connectivity index (χ0) is 20.5. The van der Waals surface area contributed by atoms with Gasteiger partial charge >= 0.3 is 0 Å². The topological polar surface area (TPSA) is 72.1 Å². The van der Waals surface area contributed by atoms with E-state index in [1.807, 2.05) is 36.4 Å². The number of hydrogen-bond acceptors (Lipinski definition) is 6. The molecular weight excluding hydrogens is 370 g/mol. The summed E-state index contributed by atoms with van der Waals surface area (Å²) >= 11 is 0. The lowest BCUT2D eigenvalue weighted by Crippen LogP contribution is -2.35. The molecule has 0 saturated heterocycles. The average molecular weight is 395 g/mol. The van der Waals surface area contributed by atoms with Crippen LogP contribution < -0.4 is 9.47 Å². The molecule has 6 heteroatoms. The smallest absolute Gasteiger partial charge is 0.150 e. The van der Waals surface area contributed by atoms with Gasteiger partial charge in [-0.05, 0) is 54.1 Å². The van der Waals surface area contributed by atoms with Gasteiger partial charge in [-0.15, -0.1) is 0 Å². The molecule has 3 rings (SSSR count). The van der Waals surface area contributed by atoms with E-state index in [4.69, 9.17) is 13.9 Å². The van der Waals surface area contributed by atoms with E-state index >= 15 is 0 Å². The number of aliphatic hydroxyl groups is 1. The first-order valence-electron chi connectivity index (χ1n) is 9.40. The van der Waals surface area contributed by atoms with E-state index in [0.29, 0.717) is 30.9 Å². The van der Waals surface area contributed by atoms with E-state index in [9.17, 15) is 9.90 Å². The third-order valence-electron chi connectivity index (χ3n) is 4.45. The van der Waals surface area contributed by atoms with Crippen LogP contribution in [0, 0.1) is 0 Å². The molecule has 1 N–H and O–H groups in total. The Labute approximate surface area is 170 Å². The second-order valence-corrected chi connectivity index (χ2v) is 6.75. The number of ether oxygens (including phenoxy) is 2. The van der Waals surface area contributed by atoms with Gasteiger partial charge < -0.3 is 19.0 Å². The summed E-state index contributed by atoms with van der Waals surface area (Å²) in [4.78, 5) is 12.8. The van der Waals surface area contributed by atoms with Crippen molar-refractivity contribution in [1.29, 1.82) is 0 Å². The van der Waals surface area contributed by atoms with Crippen molar-refractivity contribution in [1.82, 2.24) is 4.90 Å². The van der Waals surface area contributed by atoms with Crippen molar-refractivity contribution < 1.29 is 23.8 Å². The standard InChI is InChI=1S/C23H25NO5/c1-27-21-8-4-18(5-9-21)13-24(15-23-3-2-12-28-23)14-20(26)17-29-22-10-6-19(16-25)7-11-22/h2-12,16,20,26H,13-15,17H2,1H3. The summed E-state index contributed by atoms with van der Waals surface area (Å²) in [5, 5.41) is 10.5. The van der Waals surface area contributed by atoms with E-state index < -0.39 is 6.10 Å². The van der Waals surface area contributed by atoms with Gasteiger partial charge in [0.15, 0.2) is 0 Å². The zero-order valence-corrected chi connectivity index (χ0v) is 16.4. The Hall–Kier alpha value is -3.09. The molecule has 0 amide bonds. The Morgan fingerprint density at radius 2 is 1.76 bits per heavy atom. The summed E-state index contributed by atoms with van der Waals surface area (Å²) in [5.41, 5.74) is 1.69. The molecular formula is C23H25NO5. The van der Waals surface area contributed by atoms with Crippen LogP contribution in [0.4, 0.5) is 0 Å². The van der Waals surface area contributed by atoms with Crippen LogP contribution in [0.3, 0.4) is 0 Å². The molecule has 0 spiro atoms. The molecule has 0 aliphatic rings. The second kappa shape index (κ2) is 10.5. The number of aldehydes is 1. The third kappa shape index (κ3) is 6.48. The summed E-state index contributed by atoms with van der Waals surface area (Å²) in [7, 11) is 1.64. The Bertz CT molecular complexity index is 859. The summed E-state index contributed by atoms with van der Waals surface area (Å²) < 4.78 is 16.3. The molecule has 1 atom stereocenters. The minimum absolute atomic E-state index is 0.150. The van der Waals surface area contributed by atoms with E-state index in [2.05, 4.69) is 4.90 Å². The van der Waals surface area contributed by atoms with Gasteiger partial charge in [-0.25, -0.2) is 0 Å². The lowest BCUT2D eigenvalue weighted by molar-refractivity contribution is 0.0604. The number of carbonyl (C=O) groups is 1. The van der Waals surface area contributed by atoms with Gasteiger partial charge in [0.2, 0.25) is 0 Å². The van der Waals surface area contributed by atoms with E-state index in [1.165, 1.54) is 0 Å². The van der Waals surface area contributed by atoms with Crippen LogP contribution in [0.5, 0.6) is 11.5 Å². The van der Waals surface area contributed by atoms with Crippen LogP contribution in [0.1, 0.15) is 21.7 Å². The Balaban J connectivity index is 1.59. The van der Waals surface area contributed by atoms with Crippen molar-refractivity contribution in [3.63, 3.8) is 0 Å². The molecule has 1 aromatic heterocycles. The van der Waals surface area contributed by atoms with Crippen LogP contribution in [-0.2, 0) is 13.1 Å². The fourth-order valence-corrected chi connectivity index (χ4v) is 2.98. The Kier molecular flexibility index (Phi) is 7.44. The van der Waals surface area contributed by atoms with Gasteiger partial charge in [-0.2, -0.15) is 0 Å². The molecule has 0 fully saturated rings. The fraction of sp³-hybridized carbons (Fsp3) is 0.261. The molecule has 152 valence electrons. The maximum absolute atomic E-state index is 10.7. The zero-order valence-electron chi connectivity index (χ0n) is 16.4. The third-order valence-corrected chi connectivity index (χ3v) is 4.45. The summed E-state index contributed by atoms with van der Waals surface area (Å²) in [6, 6.07) is 18.4. The molecule has 2 aromatic carbocycles. The number of aliphatic hydroxyl groups excluding tert-OH is 1. The van der Waals surface area contributed by atoms with Gasteiger partial charge in [-0.1, -0.05) is 12.1 Å². The Morgan fingerprint density at radius 1 is 1.03 bits per heavy atom. The van der Waals surface area contributed by atoms with Gasteiger partial charge in [0, 0.05) is 18.7 Å². The second-order valence-electron chi connectivity index (χ2n) is 6.75. The molecule has 0 bridgehead atoms. The predicted octanol–water partition coefficient (Wildman–Crippen LogP) is 3.54. The van der Waals surface area contributed by atoms with Crippen molar-refractivity contribution in [2.45, 2.75) is 19.2 Å². The molecule has 3 aromatic rings. The number of furan rings is 1. The van der Waals surface area contributed by atoms with Crippen LogP contribution in [-0.4, -0.2) is 42.7 Å². The van der Waals surface area contributed by atoms with Gasteiger partial charge in [0.25, 0.3) is 0 Å². The molecule has 6 nitrogen and oxygen atoms in total. The lowest BCUT2D eigenvalue weighted by atomic mass is 10.2. The molecule has 0 aliphatic carbocycles. The first-order valence-corrected chi connectivity index (χ1v) is 9.40. The largest absolute Gasteiger partial charge is 0.497 e. The van der Waals surface area contributed by atoms with Gasteiger partial charge in [0.05, 0.1) is 19.9 Å². The maximum atomic E-state index is 10.7. The van der Waals surface area contributed by atoms with E-state index in [0.717, 1.165) is 23.4 Å². The minimum atomic E-state index is -0.686.